The first-order valence-corrected chi connectivity index (χ1v) is 6.27. The highest BCUT2D eigenvalue weighted by Crippen LogP contribution is 2.13. The van der Waals surface area contributed by atoms with Crippen molar-refractivity contribution >= 4 is 21.8 Å². The molecule has 1 aromatic heterocycles. The van der Waals surface area contributed by atoms with E-state index < -0.39 is 0 Å². The minimum Gasteiger partial charge on any atom is -0.340 e. The number of likely N-dealkylation sites (N-methyl/N-ethyl adjacent to an activating group) is 1. The fourth-order valence-corrected chi connectivity index (χ4v) is 2.02. The molecule has 2 aromatic rings. The highest BCUT2D eigenvalue weighted by Gasteiger charge is 2.10. The molecule has 0 spiro atoms. The summed E-state index contributed by atoms with van der Waals surface area (Å²) in [4.78, 5) is 13.6. The quantitative estimate of drug-likeness (QED) is 0.864. The summed E-state index contributed by atoms with van der Waals surface area (Å²) in [7, 11) is 1.78. The fourth-order valence-electron chi connectivity index (χ4n) is 1.57. The molecule has 1 heterocycles. The second-order valence-electron chi connectivity index (χ2n) is 3.98. The molecule has 0 bridgehead atoms. The molecule has 0 fully saturated rings. The number of nitrogens with zero attached hydrogens (tertiary/aromatic N) is 4. The molecule has 0 aliphatic carbocycles. The first-order valence-electron chi connectivity index (χ1n) is 5.47. The molecule has 94 valence electrons. The molecular weight excluding hydrogens is 296 g/mol. The van der Waals surface area contributed by atoms with Crippen LogP contribution in [0, 0.1) is 0 Å². The van der Waals surface area contributed by atoms with E-state index in [4.69, 9.17) is 0 Å². The van der Waals surface area contributed by atoms with Crippen LogP contribution >= 0.6 is 15.9 Å². The highest BCUT2D eigenvalue weighted by atomic mass is 79.9. The lowest BCUT2D eigenvalue weighted by molar-refractivity contribution is -0.131. The average molecular weight is 309 g/mol. The SMILES string of the molecule is CN(Cc1cccc(Br)c1)C(=O)Cn1ccnn1. The van der Waals surface area contributed by atoms with Gasteiger partial charge in [-0.2, -0.15) is 0 Å². The van der Waals surface area contributed by atoms with E-state index in [9.17, 15) is 4.79 Å². The van der Waals surface area contributed by atoms with E-state index in [0.717, 1.165) is 10.0 Å². The summed E-state index contributed by atoms with van der Waals surface area (Å²) in [5.74, 6) is 0.000440. The van der Waals surface area contributed by atoms with Gasteiger partial charge in [-0.1, -0.05) is 33.3 Å². The molecule has 0 saturated heterocycles. The van der Waals surface area contributed by atoms with E-state index in [1.54, 1.807) is 24.3 Å². The summed E-state index contributed by atoms with van der Waals surface area (Å²) in [6.45, 7) is 0.789. The van der Waals surface area contributed by atoms with Gasteiger partial charge in [0.05, 0.1) is 6.20 Å². The van der Waals surface area contributed by atoms with Gasteiger partial charge in [-0.3, -0.25) is 4.79 Å². The minimum atomic E-state index is 0.000440. The zero-order valence-corrected chi connectivity index (χ0v) is 11.5. The summed E-state index contributed by atoms with van der Waals surface area (Å²) in [6.07, 6.45) is 3.23. The van der Waals surface area contributed by atoms with Crippen LogP contribution in [0.5, 0.6) is 0 Å². The lowest BCUT2D eigenvalue weighted by Gasteiger charge is -2.17. The van der Waals surface area contributed by atoms with E-state index in [0.29, 0.717) is 6.54 Å². The van der Waals surface area contributed by atoms with Gasteiger partial charge < -0.3 is 4.90 Å². The first kappa shape index (κ1) is 12.8. The maximum Gasteiger partial charge on any atom is 0.244 e. The molecular formula is C12H13BrN4O. The Balaban J connectivity index is 1.95. The molecule has 1 amide bonds. The van der Waals surface area contributed by atoms with Crippen molar-refractivity contribution in [3.05, 3.63) is 46.7 Å². The Bertz CT molecular complexity index is 527. The predicted octanol–water partition coefficient (Wildman–Crippen LogP) is 1.70. The standard InChI is InChI=1S/C12H13BrN4O/c1-16(8-10-3-2-4-11(13)7-10)12(18)9-17-6-5-14-15-17/h2-7H,8-9H2,1H3. The van der Waals surface area contributed by atoms with E-state index in [-0.39, 0.29) is 12.5 Å². The smallest absolute Gasteiger partial charge is 0.244 e. The van der Waals surface area contributed by atoms with E-state index in [1.165, 1.54) is 4.68 Å². The van der Waals surface area contributed by atoms with Crippen LogP contribution in [0.4, 0.5) is 0 Å². The molecule has 18 heavy (non-hydrogen) atoms. The van der Waals surface area contributed by atoms with Gasteiger partial charge in [0.15, 0.2) is 0 Å². The van der Waals surface area contributed by atoms with Crippen LogP contribution in [-0.2, 0) is 17.9 Å². The Morgan fingerprint density at radius 1 is 1.50 bits per heavy atom. The Hall–Kier alpha value is -1.69. The van der Waals surface area contributed by atoms with Gasteiger partial charge in [0, 0.05) is 24.3 Å². The van der Waals surface area contributed by atoms with Crippen molar-refractivity contribution in [1.82, 2.24) is 19.9 Å². The number of carbonyl (C=O) groups excluding carboxylic acids is 1. The fraction of sp³-hybridized carbons (Fsp3) is 0.250. The molecule has 0 N–H and O–H groups in total. The maximum absolute atomic E-state index is 11.9. The highest BCUT2D eigenvalue weighted by molar-refractivity contribution is 9.10. The molecule has 0 radical (unpaired) electrons. The second-order valence-corrected chi connectivity index (χ2v) is 4.90. The van der Waals surface area contributed by atoms with E-state index >= 15 is 0 Å². The zero-order valence-electron chi connectivity index (χ0n) is 9.95. The van der Waals surface area contributed by atoms with Crippen molar-refractivity contribution in [2.45, 2.75) is 13.1 Å². The topological polar surface area (TPSA) is 51.0 Å². The van der Waals surface area contributed by atoms with E-state index in [2.05, 4.69) is 26.2 Å². The largest absolute Gasteiger partial charge is 0.340 e. The van der Waals surface area contributed by atoms with Gasteiger partial charge >= 0.3 is 0 Å². The molecule has 1 aromatic carbocycles. The molecule has 0 atom stereocenters. The summed E-state index contributed by atoms with van der Waals surface area (Å²) >= 11 is 3.41. The summed E-state index contributed by atoms with van der Waals surface area (Å²) in [5, 5.41) is 7.44. The zero-order chi connectivity index (χ0) is 13.0. The van der Waals surface area contributed by atoms with Crippen molar-refractivity contribution in [3.63, 3.8) is 0 Å². The maximum atomic E-state index is 11.9. The Labute approximate surface area is 114 Å². The number of hydrogen-bond acceptors (Lipinski definition) is 3. The van der Waals surface area contributed by atoms with Crippen molar-refractivity contribution in [1.29, 1.82) is 0 Å². The van der Waals surface area contributed by atoms with Crippen LogP contribution < -0.4 is 0 Å². The van der Waals surface area contributed by atoms with Crippen LogP contribution in [0.1, 0.15) is 5.56 Å². The molecule has 0 saturated carbocycles. The molecule has 0 aliphatic rings. The van der Waals surface area contributed by atoms with Crippen molar-refractivity contribution in [2.75, 3.05) is 7.05 Å². The summed E-state index contributed by atoms with van der Waals surface area (Å²) < 4.78 is 2.52. The third-order valence-corrected chi connectivity index (χ3v) is 3.00. The number of rotatable bonds is 4. The molecule has 0 aliphatic heterocycles. The number of aromatic nitrogens is 3. The molecule has 2 rings (SSSR count). The predicted molar refractivity (Wildman–Crippen MR) is 70.6 cm³/mol. The van der Waals surface area contributed by atoms with Crippen LogP contribution in [0.3, 0.4) is 0 Å². The second kappa shape index (κ2) is 5.77. The van der Waals surface area contributed by atoms with Crippen molar-refractivity contribution in [3.8, 4) is 0 Å². The minimum absolute atomic E-state index is 0.000440. The Morgan fingerprint density at radius 3 is 3.00 bits per heavy atom. The first-order chi connectivity index (χ1) is 8.65. The van der Waals surface area contributed by atoms with Gasteiger partial charge in [-0.05, 0) is 17.7 Å². The van der Waals surface area contributed by atoms with Gasteiger partial charge in [-0.25, -0.2) is 4.68 Å². The summed E-state index contributed by atoms with van der Waals surface area (Å²) in [6, 6.07) is 7.90. The van der Waals surface area contributed by atoms with E-state index in [1.807, 2.05) is 24.3 Å². The normalized spacial score (nSPS) is 10.3. The number of hydrogen-bond donors (Lipinski definition) is 0. The molecule has 6 heteroatoms. The average Bonchev–Trinajstić information content (AvgIpc) is 2.81. The lowest BCUT2D eigenvalue weighted by atomic mass is 10.2. The monoisotopic (exact) mass is 308 g/mol. The third-order valence-electron chi connectivity index (χ3n) is 2.50. The van der Waals surface area contributed by atoms with Gasteiger partial charge in [0.2, 0.25) is 5.91 Å². The van der Waals surface area contributed by atoms with Crippen LogP contribution in [-0.4, -0.2) is 32.8 Å². The van der Waals surface area contributed by atoms with Gasteiger partial charge in [0.25, 0.3) is 0 Å². The van der Waals surface area contributed by atoms with Crippen molar-refractivity contribution < 1.29 is 4.79 Å². The number of carbonyl (C=O) groups is 1. The number of amides is 1. The molecule has 5 nitrogen and oxygen atoms in total. The van der Waals surface area contributed by atoms with Crippen LogP contribution in [0.2, 0.25) is 0 Å². The van der Waals surface area contributed by atoms with Crippen LogP contribution in [0.25, 0.3) is 0 Å². The summed E-state index contributed by atoms with van der Waals surface area (Å²) in [5.41, 5.74) is 1.08. The van der Waals surface area contributed by atoms with Gasteiger partial charge in [-0.15, -0.1) is 5.10 Å². The number of benzene rings is 1. The Kier molecular flexibility index (Phi) is 4.09. The number of halogens is 1. The van der Waals surface area contributed by atoms with Gasteiger partial charge in [0.1, 0.15) is 6.54 Å². The molecule has 0 unspecified atom stereocenters. The lowest BCUT2D eigenvalue weighted by Crippen LogP contribution is -2.30. The van der Waals surface area contributed by atoms with Crippen molar-refractivity contribution in [2.24, 2.45) is 0 Å². The Morgan fingerprint density at radius 2 is 2.33 bits per heavy atom. The van der Waals surface area contributed by atoms with Crippen LogP contribution in [0.15, 0.2) is 41.1 Å². The third kappa shape index (κ3) is 3.40.